The first-order chi connectivity index (χ1) is 7.11. The van der Waals surface area contributed by atoms with Crippen molar-refractivity contribution >= 4 is 5.97 Å². The van der Waals surface area contributed by atoms with E-state index < -0.39 is 5.97 Å². The van der Waals surface area contributed by atoms with Gasteiger partial charge in [-0.2, -0.15) is 0 Å². The first kappa shape index (κ1) is 10.3. The number of hydrogen-bond acceptors (Lipinski definition) is 1. The molecule has 0 atom stereocenters. The molecule has 1 aliphatic rings. The van der Waals surface area contributed by atoms with Gasteiger partial charge >= 0.3 is 5.97 Å². The molecule has 0 radical (unpaired) electrons. The third-order valence-corrected chi connectivity index (χ3v) is 3.11. The van der Waals surface area contributed by atoms with Crippen LogP contribution < -0.4 is 0 Å². The largest absolute Gasteiger partial charge is 0.478 e. The highest BCUT2D eigenvalue weighted by atomic mass is 16.4. The number of hydrogen-bond donors (Lipinski definition) is 1. The summed E-state index contributed by atoms with van der Waals surface area (Å²) in [5.74, 6) is -0.387. The molecule has 0 aromatic carbocycles. The topological polar surface area (TPSA) is 42.2 Å². The molecular formula is C12H17NO2. The number of aromatic carboxylic acids is 1. The highest BCUT2D eigenvalue weighted by Crippen LogP contribution is 2.27. The Labute approximate surface area is 89.7 Å². The van der Waals surface area contributed by atoms with E-state index in [-0.39, 0.29) is 0 Å². The standard InChI is InChI=1S/C12H17NO2/c1-8(2)11-7-9(12(14)15)10-5-3-4-6-13(10)11/h7-8H,3-6H2,1-2H3,(H,14,15). The summed E-state index contributed by atoms with van der Waals surface area (Å²) < 4.78 is 2.21. The molecule has 0 saturated heterocycles. The summed E-state index contributed by atoms with van der Waals surface area (Å²) >= 11 is 0. The number of rotatable bonds is 2. The second-order valence-corrected chi connectivity index (χ2v) is 4.50. The molecule has 3 nitrogen and oxygen atoms in total. The van der Waals surface area contributed by atoms with Gasteiger partial charge in [-0.3, -0.25) is 0 Å². The van der Waals surface area contributed by atoms with E-state index in [0.29, 0.717) is 11.5 Å². The highest BCUT2D eigenvalue weighted by molar-refractivity contribution is 5.89. The van der Waals surface area contributed by atoms with Crippen molar-refractivity contribution in [3.8, 4) is 0 Å². The number of fused-ring (bicyclic) bond motifs is 1. The zero-order valence-electron chi connectivity index (χ0n) is 9.29. The first-order valence-electron chi connectivity index (χ1n) is 5.57. The van der Waals surface area contributed by atoms with Gasteiger partial charge in [-0.15, -0.1) is 0 Å². The molecule has 1 aromatic rings. The van der Waals surface area contributed by atoms with E-state index >= 15 is 0 Å². The molecule has 0 saturated carbocycles. The Morgan fingerprint density at radius 2 is 2.20 bits per heavy atom. The zero-order valence-corrected chi connectivity index (χ0v) is 9.29. The Balaban J connectivity index is 2.54. The number of aromatic nitrogens is 1. The van der Waals surface area contributed by atoms with Crippen LogP contribution in [0.25, 0.3) is 0 Å². The van der Waals surface area contributed by atoms with Crippen LogP contribution in [0.1, 0.15) is 54.4 Å². The van der Waals surface area contributed by atoms with Crippen molar-refractivity contribution in [2.75, 3.05) is 0 Å². The lowest BCUT2D eigenvalue weighted by Crippen LogP contribution is -2.14. The average molecular weight is 207 g/mol. The molecular weight excluding hydrogens is 190 g/mol. The van der Waals surface area contributed by atoms with Gasteiger partial charge in [0.2, 0.25) is 0 Å². The van der Waals surface area contributed by atoms with Gasteiger partial charge in [-0.1, -0.05) is 13.8 Å². The van der Waals surface area contributed by atoms with Crippen LogP contribution in [0, 0.1) is 0 Å². The van der Waals surface area contributed by atoms with E-state index in [0.717, 1.165) is 25.1 Å². The van der Waals surface area contributed by atoms with Crippen molar-refractivity contribution in [1.29, 1.82) is 0 Å². The second-order valence-electron chi connectivity index (χ2n) is 4.50. The molecule has 1 aromatic heterocycles. The average Bonchev–Trinajstić information content (AvgIpc) is 2.56. The van der Waals surface area contributed by atoms with Crippen LogP contribution in [0.2, 0.25) is 0 Å². The number of carboxylic acids is 1. The third kappa shape index (κ3) is 1.66. The van der Waals surface area contributed by atoms with Gasteiger partial charge in [0.15, 0.2) is 0 Å². The molecule has 3 heteroatoms. The summed E-state index contributed by atoms with van der Waals surface area (Å²) in [7, 11) is 0. The van der Waals surface area contributed by atoms with Crippen LogP contribution in [0.15, 0.2) is 6.07 Å². The van der Waals surface area contributed by atoms with Gasteiger partial charge < -0.3 is 9.67 Å². The molecule has 15 heavy (non-hydrogen) atoms. The van der Waals surface area contributed by atoms with Crippen LogP contribution >= 0.6 is 0 Å². The van der Waals surface area contributed by atoms with Gasteiger partial charge in [0.05, 0.1) is 5.56 Å². The van der Waals surface area contributed by atoms with E-state index in [2.05, 4.69) is 18.4 Å². The lowest BCUT2D eigenvalue weighted by molar-refractivity contribution is 0.0695. The fourth-order valence-corrected chi connectivity index (χ4v) is 2.37. The maximum atomic E-state index is 11.1. The molecule has 1 N–H and O–H groups in total. The number of carboxylic acid groups (broad SMARTS) is 1. The van der Waals surface area contributed by atoms with Crippen molar-refractivity contribution in [2.24, 2.45) is 0 Å². The highest BCUT2D eigenvalue weighted by Gasteiger charge is 2.22. The normalized spacial score (nSPS) is 15.4. The number of carbonyl (C=O) groups is 1. The van der Waals surface area contributed by atoms with Crippen molar-refractivity contribution in [2.45, 2.75) is 45.6 Å². The van der Waals surface area contributed by atoms with Gasteiger partial charge in [0.25, 0.3) is 0 Å². The monoisotopic (exact) mass is 207 g/mol. The van der Waals surface area contributed by atoms with Crippen LogP contribution in [0.5, 0.6) is 0 Å². The predicted octanol–water partition coefficient (Wildman–Crippen LogP) is 2.65. The van der Waals surface area contributed by atoms with Crippen LogP contribution in [-0.2, 0) is 13.0 Å². The molecule has 0 unspecified atom stereocenters. The van der Waals surface area contributed by atoms with Gasteiger partial charge in [-0.05, 0) is 31.2 Å². The molecule has 2 rings (SSSR count). The van der Waals surface area contributed by atoms with Gasteiger partial charge in [-0.25, -0.2) is 4.79 Å². The fourth-order valence-electron chi connectivity index (χ4n) is 2.37. The lowest BCUT2D eigenvalue weighted by Gasteiger charge is -2.19. The van der Waals surface area contributed by atoms with Crippen molar-refractivity contribution in [3.63, 3.8) is 0 Å². The minimum absolute atomic E-state index is 0.398. The summed E-state index contributed by atoms with van der Waals surface area (Å²) in [6.45, 7) is 5.21. The SMILES string of the molecule is CC(C)c1cc(C(=O)O)c2n1CCCC2. The quantitative estimate of drug-likeness (QED) is 0.810. The smallest absolute Gasteiger partial charge is 0.337 e. The predicted molar refractivity (Wildman–Crippen MR) is 58.4 cm³/mol. The first-order valence-corrected chi connectivity index (χ1v) is 5.57. The van der Waals surface area contributed by atoms with Crippen LogP contribution in [-0.4, -0.2) is 15.6 Å². The van der Waals surface area contributed by atoms with Crippen molar-refractivity contribution in [1.82, 2.24) is 4.57 Å². The molecule has 0 bridgehead atoms. The van der Waals surface area contributed by atoms with Crippen molar-refractivity contribution in [3.05, 3.63) is 23.0 Å². The van der Waals surface area contributed by atoms with E-state index in [1.54, 1.807) is 0 Å². The zero-order chi connectivity index (χ0) is 11.0. The second kappa shape index (κ2) is 3.72. The third-order valence-electron chi connectivity index (χ3n) is 3.11. The lowest BCUT2D eigenvalue weighted by atomic mass is 10.1. The summed E-state index contributed by atoms with van der Waals surface area (Å²) in [6, 6.07) is 1.85. The Morgan fingerprint density at radius 3 is 2.80 bits per heavy atom. The molecule has 82 valence electrons. The van der Waals surface area contributed by atoms with E-state index in [9.17, 15) is 4.79 Å². The Kier molecular flexibility index (Phi) is 2.55. The van der Waals surface area contributed by atoms with E-state index in [4.69, 9.17) is 5.11 Å². The molecule has 1 aliphatic heterocycles. The van der Waals surface area contributed by atoms with Crippen LogP contribution in [0.3, 0.4) is 0 Å². The van der Waals surface area contributed by atoms with Crippen molar-refractivity contribution < 1.29 is 9.90 Å². The summed E-state index contributed by atoms with van der Waals surface area (Å²) in [4.78, 5) is 11.1. The minimum Gasteiger partial charge on any atom is -0.478 e. The maximum Gasteiger partial charge on any atom is 0.337 e. The Morgan fingerprint density at radius 1 is 1.47 bits per heavy atom. The van der Waals surface area contributed by atoms with Gasteiger partial charge in [0, 0.05) is 17.9 Å². The maximum absolute atomic E-state index is 11.1. The minimum atomic E-state index is -0.785. The molecule has 0 fully saturated rings. The summed E-state index contributed by atoms with van der Waals surface area (Å²) in [5.41, 5.74) is 2.71. The van der Waals surface area contributed by atoms with Crippen LogP contribution in [0.4, 0.5) is 0 Å². The van der Waals surface area contributed by atoms with Gasteiger partial charge in [0.1, 0.15) is 0 Å². The molecule has 2 heterocycles. The molecule has 0 spiro atoms. The molecule has 0 aliphatic carbocycles. The number of nitrogens with zero attached hydrogens (tertiary/aromatic N) is 1. The summed E-state index contributed by atoms with van der Waals surface area (Å²) in [6.07, 6.45) is 3.19. The van der Waals surface area contributed by atoms with E-state index in [1.165, 1.54) is 12.1 Å². The Bertz CT molecular complexity index is 391. The molecule has 0 amide bonds. The summed E-state index contributed by atoms with van der Waals surface area (Å²) in [5, 5.41) is 9.12. The van der Waals surface area contributed by atoms with E-state index in [1.807, 2.05) is 6.07 Å². The Hall–Kier alpha value is -1.25. The fraction of sp³-hybridized carbons (Fsp3) is 0.583.